The quantitative estimate of drug-likeness (QED) is 0.503. The molecule has 34 heavy (non-hydrogen) atoms. The van der Waals surface area contributed by atoms with Gasteiger partial charge < -0.3 is 10.2 Å². The maximum absolute atomic E-state index is 13.6. The number of benzene rings is 3. The first-order valence-electron chi connectivity index (χ1n) is 11.3. The molecule has 1 aromatic heterocycles. The number of nitrogens with one attached hydrogen (secondary N) is 1. The summed E-state index contributed by atoms with van der Waals surface area (Å²) in [6.45, 7) is 3.29. The molecule has 1 N–H and O–H groups in total. The number of likely N-dealkylation sites (tertiary alicyclic amines) is 1. The normalized spacial score (nSPS) is 13.3. The molecule has 7 nitrogen and oxygen atoms in total. The first kappa shape index (κ1) is 21.6. The van der Waals surface area contributed by atoms with E-state index in [0.717, 1.165) is 18.4 Å². The van der Waals surface area contributed by atoms with E-state index < -0.39 is 5.91 Å². The Morgan fingerprint density at radius 3 is 2.26 bits per heavy atom. The minimum atomic E-state index is -0.481. The van der Waals surface area contributed by atoms with Gasteiger partial charge in [-0.3, -0.25) is 14.4 Å². The molecule has 0 spiro atoms. The Balaban J connectivity index is 1.60. The van der Waals surface area contributed by atoms with Gasteiger partial charge in [0.2, 0.25) is 0 Å². The molecule has 1 aliphatic rings. The average Bonchev–Trinajstić information content (AvgIpc) is 3.41. The molecular formula is C27H24N4O3. The number of hydrogen-bond acceptors (Lipinski definition) is 4. The van der Waals surface area contributed by atoms with E-state index in [1.54, 1.807) is 42.5 Å². The van der Waals surface area contributed by atoms with E-state index in [1.807, 2.05) is 42.2 Å². The van der Waals surface area contributed by atoms with Crippen molar-refractivity contribution in [3.05, 3.63) is 100.0 Å². The van der Waals surface area contributed by atoms with Crippen molar-refractivity contribution in [1.82, 2.24) is 14.7 Å². The predicted octanol–water partition coefficient (Wildman–Crippen LogP) is 4.18. The van der Waals surface area contributed by atoms with E-state index in [-0.39, 0.29) is 17.2 Å². The summed E-state index contributed by atoms with van der Waals surface area (Å²) in [5.74, 6) is -0.575. The highest BCUT2D eigenvalue weighted by atomic mass is 16.2. The van der Waals surface area contributed by atoms with Gasteiger partial charge in [0.1, 0.15) is 0 Å². The van der Waals surface area contributed by atoms with Crippen LogP contribution >= 0.6 is 0 Å². The SMILES string of the molecule is Cc1cccc(C(=O)N2CCCC2)c1NC(=O)c1nn(-c2ccccc2)c(=O)c2ccccc12. The summed E-state index contributed by atoms with van der Waals surface area (Å²) in [5.41, 5.74) is 2.07. The molecule has 7 heteroatoms. The largest absolute Gasteiger partial charge is 0.339 e. The third-order valence-electron chi connectivity index (χ3n) is 6.16. The van der Waals surface area contributed by atoms with Crippen LogP contribution in [0.15, 0.2) is 77.6 Å². The zero-order valence-corrected chi connectivity index (χ0v) is 18.8. The Kier molecular flexibility index (Phi) is 5.67. The summed E-state index contributed by atoms with van der Waals surface area (Å²) >= 11 is 0. The molecule has 1 aliphatic heterocycles. The number of amides is 2. The van der Waals surface area contributed by atoms with E-state index in [4.69, 9.17) is 0 Å². The number of fused-ring (bicyclic) bond motifs is 1. The second-order valence-corrected chi connectivity index (χ2v) is 8.40. The molecule has 1 fully saturated rings. The van der Waals surface area contributed by atoms with E-state index in [9.17, 15) is 14.4 Å². The maximum atomic E-state index is 13.6. The van der Waals surface area contributed by atoms with Gasteiger partial charge in [0, 0.05) is 18.5 Å². The molecule has 1 saturated heterocycles. The molecule has 5 rings (SSSR count). The van der Waals surface area contributed by atoms with Gasteiger partial charge in [-0.25, -0.2) is 0 Å². The van der Waals surface area contributed by atoms with Crippen molar-refractivity contribution in [2.45, 2.75) is 19.8 Å². The van der Waals surface area contributed by atoms with Crippen LogP contribution < -0.4 is 10.9 Å². The molecule has 2 amide bonds. The van der Waals surface area contributed by atoms with Crippen LogP contribution in [0.3, 0.4) is 0 Å². The number of aromatic nitrogens is 2. The smallest absolute Gasteiger partial charge is 0.279 e. The predicted molar refractivity (Wildman–Crippen MR) is 132 cm³/mol. The fourth-order valence-electron chi connectivity index (χ4n) is 4.38. The Morgan fingerprint density at radius 1 is 0.853 bits per heavy atom. The second-order valence-electron chi connectivity index (χ2n) is 8.40. The number of para-hydroxylation sites is 2. The van der Waals surface area contributed by atoms with Crippen LogP contribution in [-0.2, 0) is 0 Å². The fourth-order valence-corrected chi connectivity index (χ4v) is 4.38. The molecular weight excluding hydrogens is 428 g/mol. The monoisotopic (exact) mass is 452 g/mol. The third kappa shape index (κ3) is 3.85. The Labute approximate surface area is 196 Å². The van der Waals surface area contributed by atoms with Crippen molar-refractivity contribution in [3.8, 4) is 5.69 Å². The molecule has 0 aliphatic carbocycles. The van der Waals surface area contributed by atoms with Crippen molar-refractivity contribution >= 4 is 28.3 Å². The topological polar surface area (TPSA) is 84.3 Å². The lowest BCUT2D eigenvalue weighted by Crippen LogP contribution is -2.30. The Bertz CT molecular complexity index is 1450. The maximum Gasteiger partial charge on any atom is 0.279 e. The van der Waals surface area contributed by atoms with Crippen molar-refractivity contribution in [1.29, 1.82) is 0 Å². The number of carbonyl (C=O) groups is 2. The molecule has 0 radical (unpaired) electrons. The second kappa shape index (κ2) is 8.94. The van der Waals surface area contributed by atoms with Gasteiger partial charge in [0.25, 0.3) is 17.4 Å². The van der Waals surface area contributed by atoms with Crippen LogP contribution in [0.2, 0.25) is 0 Å². The molecule has 0 atom stereocenters. The van der Waals surface area contributed by atoms with Gasteiger partial charge in [-0.05, 0) is 49.6 Å². The number of hydrogen-bond donors (Lipinski definition) is 1. The number of aryl methyl sites for hydroxylation is 1. The first-order chi connectivity index (χ1) is 16.5. The van der Waals surface area contributed by atoms with Gasteiger partial charge in [-0.15, -0.1) is 0 Å². The minimum Gasteiger partial charge on any atom is -0.339 e. The summed E-state index contributed by atoms with van der Waals surface area (Å²) < 4.78 is 1.24. The average molecular weight is 453 g/mol. The molecule has 2 heterocycles. The molecule has 0 unspecified atom stereocenters. The lowest BCUT2D eigenvalue weighted by Gasteiger charge is -2.19. The summed E-state index contributed by atoms with van der Waals surface area (Å²) in [6.07, 6.45) is 1.96. The summed E-state index contributed by atoms with van der Waals surface area (Å²) in [4.78, 5) is 41.6. The van der Waals surface area contributed by atoms with Gasteiger partial charge >= 0.3 is 0 Å². The molecule has 4 aromatic rings. The first-order valence-corrected chi connectivity index (χ1v) is 11.3. The van der Waals surface area contributed by atoms with Crippen LogP contribution in [0, 0.1) is 6.92 Å². The van der Waals surface area contributed by atoms with E-state index in [0.29, 0.717) is 40.8 Å². The number of carbonyl (C=O) groups excluding carboxylic acids is 2. The highest BCUT2D eigenvalue weighted by Crippen LogP contribution is 2.25. The van der Waals surface area contributed by atoms with Gasteiger partial charge in [-0.1, -0.05) is 48.5 Å². The van der Waals surface area contributed by atoms with Crippen molar-refractivity contribution in [2.24, 2.45) is 0 Å². The van der Waals surface area contributed by atoms with Crippen LogP contribution in [-0.4, -0.2) is 39.6 Å². The number of nitrogens with zero attached hydrogens (tertiary/aromatic N) is 3. The van der Waals surface area contributed by atoms with Crippen molar-refractivity contribution in [3.63, 3.8) is 0 Å². The van der Waals surface area contributed by atoms with Gasteiger partial charge in [0.05, 0.1) is 22.3 Å². The van der Waals surface area contributed by atoms with Crippen LogP contribution in [0.1, 0.15) is 39.3 Å². The highest BCUT2D eigenvalue weighted by Gasteiger charge is 2.25. The van der Waals surface area contributed by atoms with Crippen LogP contribution in [0.25, 0.3) is 16.5 Å². The molecule has 170 valence electrons. The summed E-state index contributed by atoms with van der Waals surface area (Å²) in [6, 6.07) is 21.3. The van der Waals surface area contributed by atoms with Gasteiger partial charge in [-0.2, -0.15) is 9.78 Å². The molecule has 0 bridgehead atoms. The standard InChI is InChI=1S/C27H24N4O3/c1-18-10-9-15-22(26(33)30-16-7-8-17-30)23(18)28-25(32)24-20-13-5-6-14-21(20)27(34)31(29-24)19-11-3-2-4-12-19/h2-6,9-15H,7-8,16-17H2,1H3,(H,28,32). The highest BCUT2D eigenvalue weighted by molar-refractivity contribution is 6.13. The lowest BCUT2D eigenvalue weighted by atomic mass is 10.1. The van der Waals surface area contributed by atoms with Crippen LogP contribution in [0.5, 0.6) is 0 Å². The zero-order valence-electron chi connectivity index (χ0n) is 18.8. The van der Waals surface area contributed by atoms with Crippen LogP contribution in [0.4, 0.5) is 5.69 Å². The lowest BCUT2D eigenvalue weighted by molar-refractivity contribution is 0.0793. The Morgan fingerprint density at radius 2 is 1.53 bits per heavy atom. The van der Waals surface area contributed by atoms with Crippen molar-refractivity contribution < 1.29 is 9.59 Å². The number of rotatable bonds is 4. The summed E-state index contributed by atoms with van der Waals surface area (Å²) in [7, 11) is 0. The number of anilines is 1. The molecule has 3 aromatic carbocycles. The van der Waals surface area contributed by atoms with Crippen molar-refractivity contribution in [2.75, 3.05) is 18.4 Å². The molecule has 0 saturated carbocycles. The zero-order chi connectivity index (χ0) is 23.7. The van der Waals surface area contributed by atoms with Gasteiger partial charge in [0.15, 0.2) is 5.69 Å². The fraction of sp³-hybridized carbons (Fsp3) is 0.185. The minimum absolute atomic E-state index is 0.0939. The van der Waals surface area contributed by atoms with E-state index in [2.05, 4.69) is 10.4 Å². The summed E-state index contributed by atoms with van der Waals surface area (Å²) in [5, 5.41) is 8.22. The van der Waals surface area contributed by atoms with E-state index in [1.165, 1.54) is 4.68 Å². The third-order valence-corrected chi connectivity index (χ3v) is 6.16. The van der Waals surface area contributed by atoms with E-state index >= 15 is 0 Å². The Hall–Kier alpha value is -4.26.